The first-order valence-electron chi connectivity index (χ1n) is 8.20. The van der Waals surface area contributed by atoms with Gasteiger partial charge in [-0.3, -0.25) is 4.90 Å². The molecule has 0 bridgehead atoms. The van der Waals surface area contributed by atoms with Crippen molar-refractivity contribution in [2.75, 3.05) is 13.1 Å². The first kappa shape index (κ1) is 15.6. The second kappa shape index (κ2) is 7.84. The number of hydrogen-bond donors (Lipinski definition) is 1. The van der Waals surface area contributed by atoms with Crippen molar-refractivity contribution in [3.8, 4) is 0 Å². The van der Waals surface area contributed by atoms with Crippen LogP contribution in [0.1, 0.15) is 57.8 Å². The van der Waals surface area contributed by atoms with Gasteiger partial charge in [0.1, 0.15) is 5.76 Å². The molecule has 2 rings (SSSR count). The summed E-state index contributed by atoms with van der Waals surface area (Å²) in [5.74, 6) is 1.80. The van der Waals surface area contributed by atoms with Gasteiger partial charge < -0.3 is 9.73 Å². The van der Waals surface area contributed by atoms with E-state index in [9.17, 15) is 0 Å². The Balaban J connectivity index is 1.85. The molecule has 20 heavy (non-hydrogen) atoms. The number of unbranched alkanes of at least 4 members (excludes halogenated alkanes) is 1. The van der Waals surface area contributed by atoms with Crippen LogP contribution >= 0.6 is 0 Å². The predicted octanol–water partition coefficient (Wildman–Crippen LogP) is 3.79. The average molecular weight is 278 g/mol. The standard InChI is InChI=1S/C17H30N2O/c1-4-5-9-19(16-6-7-16)13-15-8-10-20-17(15)12-18-11-14(2)3/h8,10,14,16,18H,4-7,9,11-13H2,1-3H3. The van der Waals surface area contributed by atoms with Crippen molar-refractivity contribution in [1.29, 1.82) is 0 Å². The summed E-state index contributed by atoms with van der Waals surface area (Å²) in [6.07, 6.45) is 7.17. The summed E-state index contributed by atoms with van der Waals surface area (Å²) >= 11 is 0. The Bertz CT molecular complexity index is 382. The van der Waals surface area contributed by atoms with E-state index in [4.69, 9.17) is 4.42 Å². The maximum Gasteiger partial charge on any atom is 0.122 e. The Labute approximate surface area is 123 Å². The zero-order valence-corrected chi connectivity index (χ0v) is 13.3. The molecule has 0 radical (unpaired) electrons. The highest BCUT2D eigenvalue weighted by molar-refractivity contribution is 5.17. The van der Waals surface area contributed by atoms with E-state index in [0.29, 0.717) is 5.92 Å². The van der Waals surface area contributed by atoms with Crippen molar-refractivity contribution in [2.24, 2.45) is 5.92 Å². The molecule has 0 aromatic carbocycles. The summed E-state index contributed by atoms with van der Waals surface area (Å²) in [6.45, 7) is 10.9. The zero-order valence-electron chi connectivity index (χ0n) is 13.3. The van der Waals surface area contributed by atoms with Gasteiger partial charge in [0.05, 0.1) is 12.8 Å². The third-order valence-electron chi connectivity index (χ3n) is 3.91. The van der Waals surface area contributed by atoms with Crippen LogP contribution in [0.5, 0.6) is 0 Å². The van der Waals surface area contributed by atoms with E-state index >= 15 is 0 Å². The molecule has 1 aromatic rings. The van der Waals surface area contributed by atoms with Crippen molar-refractivity contribution in [2.45, 2.75) is 65.6 Å². The molecule has 0 saturated heterocycles. The van der Waals surface area contributed by atoms with Crippen LogP contribution < -0.4 is 5.32 Å². The fourth-order valence-electron chi connectivity index (χ4n) is 2.55. The molecule has 3 nitrogen and oxygen atoms in total. The Morgan fingerprint density at radius 1 is 1.40 bits per heavy atom. The first-order chi connectivity index (χ1) is 9.70. The second-order valence-corrected chi connectivity index (χ2v) is 6.45. The molecule has 1 aromatic heterocycles. The van der Waals surface area contributed by atoms with E-state index in [1.54, 1.807) is 0 Å². The van der Waals surface area contributed by atoms with E-state index in [1.807, 2.05) is 6.26 Å². The Hall–Kier alpha value is -0.800. The van der Waals surface area contributed by atoms with Gasteiger partial charge >= 0.3 is 0 Å². The summed E-state index contributed by atoms with van der Waals surface area (Å²) in [7, 11) is 0. The quantitative estimate of drug-likeness (QED) is 0.706. The average Bonchev–Trinajstić information content (AvgIpc) is 3.17. The molecule has 0 atom stereocenters. The van der Waals surface area contributed by atoms with Gasteiger partial charge in [-0.05, 0) is 44.3 Å². The third-order valence-corrected chi connectivity index (χ3v) is 3.91. The third kappa shape index (κ3) is 4.95. The summed E-state index contributed by atoms with van der Waals surface area (Å²) in [5, 5.41) is 3.48. The van der Waals surface area contributed by atoms with E-state index in [-0.39, 0.29) is 0 Å². The number of nitrogens with zero attached hydrogens (tertiary/aromatic N) is 1. The predicted molar refractivity (Wildman–Crippen MR) is 83.6 cm³/mol. The largest absolute Gasteiger partial charge is 0.468 e. The first-order valence-corrected chi connectivity index (χ1v) is 8.20. The van der Waals surface area contributed by atoms with Crippen molar-refractivity contribution in [3.63, 3.8) is 0 Å². The number of nitrogens with one attached hydrogen (secondary N) is 1. The molecule has 114 valence electrons. The monoisotopic (exact) mass is 278 g/mol. The van der Waals surface area contributed by atoms with Crippen LogP contribution in [0.25, 0.3) is 0 Å². The lowest BCUT2D eigenvalue weighted by molar-refractivity contribution is 0.248. The van der Waals surface area contributed by atoms with E-state index in [1.165, 1.54) is 37.8 Å². The van der Waals surface area contributed by atoms with Gasteiger partial charge in [0.15, 0.2) is 0 Å². The highest BCUT2D eigenvalue weighted by atomic mass is 16.3. The fraction of sp³-hybridized carbons (Fsp3) is 0.765. The van der Waals surface area contributed by atoms with Crippen molar-refractivity contribution >= 4 is 0 Å². The van der Waals surface area contributed by atoms with Crippen molar-refractivity contribution in [3.05, 3.63) is 23.7 Å². The molecular weight excluding hydrogens is 248 g/mol. The summed E-state index contributed by atoms with van der Waals surface area (Å²) in [4.78, 5) is 2.64. The summed E-state index contributed by atoms with van der Waals surface area (Å²) in [6, 6.07) is 2.97. The van der Waals surface area contributed by atoms with Crippen LogP contribution in [0.4, 0.5) is 0 Å². The minimum Gasteiger partial charge on any atom is -0.468 e. The highest BCUT2D eigenvalue weighted by Gasteiger charge is 2.29. The molecule has 0 aliphatic heterocycles. The van der Waals surface area contributed by atoms with Gasteiger partial charge in [-0.2, -0.15) is 0 Å². The molecule has 0 unspecified atom stereocenters. The van der Waals surface area contributed by atoms with Crippen LogP contribution in [0, 0.1) is 5.92 Å². The van der Waals surface area contributed by atoms with Gasteiger partial charge in [0.25, 0.3) is 0 Å². The number of hydrogen-bond acceptors (Lipinski definition) is 3. The molecule has 1 heterocycles. The van der Waals surface area contributed by atoms with Crippen LogP contribution in [0.3, 0.4) is 0 Å². The van der Waals surface area contributed by atoms with Crippen LogP contribution in [0.2, 0.25) is 0 Å². The smallest absolute Gasteiger partial charge is 0.122 e. The highest BCUT2D eigenvalue weighted by Crippen LogP contribution is 2.29. The molecule has 1 fully saturated rings. The fourth-order valence-corrected chi connectivity index (χ4v) is 2.55. The van der Waals surface area contributed by atoms with Crippen LogP contribution in [0.15, 0.2) is 16.7 Å². The summed E-state index contributed by atoms with van der Waals surface area (Å²) in [5.41, 5.74) is 1.37. The minimum atomic E-state index is 0.681. The van der Waals surface area contributed by atoms with Crippen molar-refractivity contribution in [1.82, 2.24) is 10.2 Å². The molecule has 3 heteroatoms. The maximum atomic E-state index is 5.66. The molecule has 0 spiro atoms. The minimum absolute atomic E-state index is 0.681. The Kier molecular flexibility index (Phi) is 6.11. The lowest BCUT2D eigenvalue weighted by atomic mass is 10.2. The maximum absolute atomic E-state index is 5.66. The van der Waals surface area contributed by atoms with Gasteiger partial charge in [0.2, 0.25) is 0 Å². The lowest BCUT2D eigenvalue weighted by Gasteiger charge is -2.21. The Morgan fingerprint density at radius 3 is 2.85 bits per heavy atom. The number of furan rings is 1. The normalized spacial score (nSPS) is 15.4. The van der Waals surface area contributed by atoms with Crippen molar-refractivity contribution < 1.29 is 4.42 Å². The molecular formula is C17H30N2O. The molecule has 1 saturated carbocycles. The van der Waals surface area contributed by atoms with E-state index in [2.05, 4.69) is 37.1 Å². The Morgan fingerprint density at radius 2 is 2.20 bits per heavy atom. The number of rotatable bonds is 10. The van der Waals surface area contributed by atoms with E-state index < -0.39 is 0 Å². The topological polar surface area (TPSA) is 28.4 Å². The molecule has 1 aliphatic rings. The van der Waals surface area contributed by atoms with Crippen LogP contribution in [-0.2, 0) is 13.1 Å². The SMILES string of the molecule is CCCCN(Cc1ccoc1CNCC(C)C)C1CC1. The van der Waals surface area contributed by atoms with Gasteiger partial charge in [-0.15, -0.1) is 0 Å². The van der Waals surface area contributed by atoms with E-state index in [0.717, 1.165) is 31.4 Å². The van der Waals surface area contributed by atoms with Gasteiger partial charge in [-0.1, -0.05) is 27.2 Å². The molecule has 1 N–H and O–H groups in total. The molecule has 0 amide bonds. The van der Waals surface area contributed by atoms with Gasteiger partial charge in [-0.25, -0.2) is 0 Å². The van der Waals surface area contributed by atoms with Gasteiger partial charge in [0, 0.05) is 18.2 Å². The zero-order chi connectivity index (χ0) is 14.4. The summed E-state index contributed by atoms with van der Waals surface area (Å²) < 4.78 is 5.66. The van der Waals surface area contributed by atoms with Crippen LogP contribution in [-0.4, -0.2) is 24.0 Å². The second-order valence-electron chi connectivity index (χ2n) is 6.45. The lowest BCUT2D eigenvalue weighted by Crippen LogP contribution is -2.27. The molecule has 1 aliphatic carbocycles.